The van der Waals surface area contributed by atoms with Crippen molar-refractivity contribution < 1.29 is 9.13 Å². The summed E-state index contributed by atoms with van der Waals surface area (Å²) in [4.78, 5) is 10.8. The van der Waals surface area contributed by atoms with Gasteiger partial charge in [-0.1, -0.05) is 17.7 Å². The highest BCUT2D eigenvalue weighted by molar-refractivity contribution is 6.31. The summed E-state index contributed by atoms with van der Waals surface area (Å²) in [6.45, 7) is 1.78. The summed E-state index contributed by atoms with van der Waals surface area (Å²) in [6.07, 6.45) is 1.64. The summed E-state index contributed by atoms with van der Waals surface area (Å²) >= 11 is 5.86. The molecule has 0 bridgehead atoms. The van der Waals surface area contributed by atoms with Crippen LogP contribution in [0.15, 0.2) is 42.7 Å². The van der Waals surface area contributed by atoms with Gasteiger partial charge in [-0.3, -0.25) is 4.90 Å². The molecule has 2 aromatic carbocycles. The largest absolute Gasteiger partial charge is 0.487 e. The topological polar surface area (TPSA) is 50.3 Å². The Morgan fingerprint density at radius 1 is 1.24 bits per heavy atom. The van der Waals surface area contributed by atoms with Crippen LogP contribution in [0.3, 0.4) is 0 Å². The Bertz CT molecular complexity index is 925. The summed E-state index contributed by atoms with van der Waals surface area (Å²) in [5, 5.41) is 4.03. The molecule has 4 rings (SSSR count). The fraction of sp³-hybridized carbons (Fsp3) is 0.222. The van der Waals surface area contributed by atoms with Gasteiger partial charge in [-0.25, -0.2) is 14.4 Å². The lowest BCUT2D eigenvalue weighted by Crippen LogP contribution is -2.51. The molecule has 0 aliphatic carbocycles. The minimum absolute atomic E-state index is 0.0531. The van der Waals surface area contributed by atoms with Crippen LogP contribution < -0.4 is 10.1 Å². The third-order valence-corrected chi connectivity index (χ3v) is 4.42. The van der Waals surface area contributed by atoms with Crippen LogP contribution >= 0.6 is 11.6 Å². The molecule has 0 spiro atoms. The predicted octanol–water partition coefficient (Wildman–Crippen LogP) is 3.86. The quantitative estimate of drug-likeness (QED) is 0.767. The summed E-state index contributed by atoms with van der Waals surface area (Å²) in [5.74, 6) is 0.862. The fourth-order valence-corrected chi connectivity index (χ4v) is 3.06. The minimum atomic E-state index is -0.460. The van der Waals surface area contributed by atoms with Crippen molar-refractivity contribution in [2.45, 2.75) is 6.10 Å². The van der Waals surface area contributed by atoms with E-state index in [0.717, 1.165) is 29.7 Å². The molecule has 1 aliphatic heterocycles. The number of anilines is 2. The van der Waals surface area contributed by atoms with Crippen LogP contribution in [-0.2, 0) is 0 Å². The zero-order valence-corrected chi connectivity index (χ0v) is 14.3. The maximum absolute atomic E-state index is 13.4. The van der Waals surface area contributed by atoms with Gasteiger partial charge in [0.15, 0.2) is 0 Å². The average molecular weight is 359 g/mol. The molecule has 1 aromatic heterocycles. The third-order valence-electron chi connectivity index (χ3n) is 4.13. The van der Waals surface area contributed by atoms with Crippen LogP contribution in [0.2, 0.25) is 5.02 Å². The van der Waals surface area contributed by atoms with Gasteiger partial charge in [-0.05, 0) is 37.4 Å². The number of likely N-dealkylation sites (N-methyl/N-ethyl adjacent to an activating group) is 1. The molecule has 5 nitrogen and oxygen atoms in total. The van der Waals surface area contributed by atoms with E-state index >= 15 is 0 Å². The van der Waals surface area contributed by atoms with Gasteiger partial charge >= 0.3 is 0 Å². The maximum atomic E-state index is 13.4. The molecule has 1 fully saturated rings. The first-order chi connectivity index (χ1) is 12.1. The Labute approximate surface area is 149 Å². The molecule has 3 aromatic rings. The zero-order valence-electron chi connectivity index (χ0n) is 13.5. The first-order valence-electron chi connectivity index (χ1n) is 7.91. The number of benzene rings is 2. The van der Waals surface area contributed by atoms with Crippen LogP contribution in [0.1, 0.15) is 0 Å². The van der Waals surface area contributed by atoms with Crippen molar-refractivity contribution in [2.24, 2.45) is 0 Å². The molecule has 128 valence electrons. The van der Waals surface area contributed by atoms with Crippen LogP contribution in [0.5, 0.6) is 5.75 Å². The zero-order chi connectivity index (χ0) is 17.4. The molecule has 0 atom stereocenters. The molecule has 0 saturated carbocycles. The second-order valence-corrected chi connectivity index (χ2v) is 6.49. The van der Waals surface area contributed by atoms with Crippen molar-refractivity contribution in [3.8, 4) is 5.75 Å². The molecule has 25 heavy (non-hydrogen) atoms. The average Bonchev–Trinajstić information content (AvgIpc) is 2.57. The van der Waals surface area contributed by atoms with Crippen LogP contribution in [0.4, 0.5) is 15.9 Å². The van der Waals surface area contributed by atoms with Crippen molar-refractivity contribution in [3.63, 3.8) is 0 Å². The summed E-state index contributed by atoms with van der Waals surface area (Å²) in [6, 6.07) is 10.2. The van der Waals surface area contributed by atoms with Gasteiger partial charge in [-0.2, -0.15) is 0 Å². The van der Waals surface area contributed by atoms with E-state index in [0.29, 0.717) is 11.5 Å². The number of likely N-dealkylation sites (tertiary alicyclic amines) is 1. The molecule has 2 heterocycles. The molecular formula is C18H16ClFN4O. The summed E-state index contributed by atoms with van der Waals surface area (Å²) < 4.78 is 19.5. The number of aromatic nitrogens is 2. The van der Waals surface area contributed by atoms with Gasteiger partial charge in [0.2, 0.25) is 0 Å². The second kappa shape index (κ2) is 6.46. The van der Waals surface area contributed by atoms with Gasteiger partial charge in [-0.15, -0.1) is 0 Å². The Morgan fingerprint density at radius 2 is 2.08 bits per heavy atom. The molecule has 0 unspecified atom stereocenters. The molecular weight excluding hydrogens is 343 g/mol. The normalized spacial score (nSPS) is 15.2. The number of nitrogens with zero attached hydrogens (tertiary/aromatic N) is 3. The number of halogens is 2. The highest BCUT2D eigenvalue weighted by Crippen LogP contribution is 2.33. The number of hydrogen-bond donors (Lipinski definition) is 1. The number of rotatable bonds is 4. The Morgan fingerprint density at radius 3 is 2.84 bits per heavy atom. The van der Waals surface area contributed by atoms with E-state index < -0.39 is 5.82 Å². The molecule has 0 radical (unpaired) electrons. The van der Waals surface area contributed by atoms with E-state index in [9.17, 15) is 4.39 Å². The second-order valence-electron chi connectivity index (χ2n) is 6.09. The number of fused-ring (bicyclic) bond motifs is 1. The first kappa shape index (κ1) is 16.1. The number of ether oxygens (including phenoxy) is 1. The van der Waals surface area contributed by atoms with Gasteiger partial charge < -0.3 is 10.1 Å². The van der Waals surface area contributed by atoms with E-state index in [1.807, 2.05) is 18.2 Å². The number of nitrogens with one attached hydrogen (secondary N) is 1. The Hall–Kier alpha value is -2.44. The van der Waals surface area contributed by atoms with E-state index in [1.54, 1.807) is 6.07 Å². The summed E-state index contributed by atoms with van der Waals surface area (Å²) in [5.41, 5.74) is 1.42. The highest BCUT2D eigenvalue weighted by atomic mass is 35.5. The van der Waals surface area contributed by atoms with Gasteiger partial charge in [0.25, 0.3) is 0 Å². The lowest BCUT2D eigenvalue weighted by molar-refractivity contribution is 0.0399. The standard InChI is InChI=1S/C18H16ClFN4O/c1-24-8-12(9-24)25-16-4-2-3-15-17(16)18(22-10-21-15)23-11-5-6-14(20)13(19)7-11/h2-7,10,12H,8-9H2,1H3,(H,21,22,23). The lowest BCUT2D eigenvalue weighted by atomic mass is 10.1. The van der Waals surface area contributed by atoms with Gasteiger partial charge in [0, 0.05) is 18.8 Å². The molecule has 1 saturated heterocycles. The lowest BCUT2D eigenvalue weighted by Gasteiger charge is -2.36. The molecule has 0 amide bonds. The smallest absolute Gasteiger partial charge is 0.145 e. The molecule has 7 heteroatoms. The monoisotopic (exact) mass is 358 g/mol. The minimum Gasteiger partial charge on any atom is -0.487 e. The Kier molecular flexibility index (Phi) is 4.15. The predicted molar refractivity (Wildman–Crippen MR) is 96.1 cm³/mol. The highest BCUT2D eigenvalue weighted by Gasteiger charge is 2.26. The van der Waals surface area contributed by atoms with E-state index in [2.05, 4.69) is 27.2 Å². The SMILES string of the molecule is CN1CC(Oc2cccc3ncnc(Nc4ccc(F)c(Cl)c4)c23)C1. The van der Waals surface area contributed by atoms with E-state index in [4.69, 9.17) is 16.3 Å². The van der Waals surface area contributed by atoms with Crippen LogP contribution in [0, 0.1) is 5.82 Å². The maximum Gasteiger partial charge on any atom is 0.145 e. The molecule has 1 aliphatic rings. The van der Waals surface area contributed by atoms with Crippen molar-refractivity contribution in [1.82, 2.24) is 14.9 Å². The van der Waals surface area contributed by atoms with Crippen LogP contribution in [-0.4, -0.2) is 41.1 Å². The fourth-order valence-electron chi connectivity index (χ4n) is 2.88. The van der Waals surface area contributed by atoms with Crippen molar-refractivity contribution in [2.75, 3.05) is 25.5 Å². The van der Waals surface area contributed by atoms with E-state index in [1.165, 1.54) is 18.5 Å². The Balaban J connectivity index is 1.71. The van der Waals surface area contributed by atoms with Gasteiger partial charge in [0.1, 0.15) is 29.8 Å². The number of hydrogen-bond acceptors (Lipinski definition) is 5. The van der Waals surface area contributed by atoms with Crippen molar-refractivity contribution in [1.29, 1.82) is 0 Å². The van der Waals surface area contributed by atoms with Crippen molar-refractivity contribution in [3.05, 3.63) is 53.6 Å². The third kappa shape index (κ3) is 3.23. The first-order valence-corrected chi connectivity index (χ1v) is 8.29. The summed E-state index contributed by atoms with van der Waals surface area (Å²) in [7, 11) is 2.05. The molecule has 1 N–H and O–H groups in total. The van der Waals surface area contributed by atoms with Crippen molar-refractivity contribution >= 4 is 34.0 Å². The van der Waals surface area contributed by atoms with Crippen LogP contribution in [0.25, 0.3) is 10.9 Å². The van der Waals surface area contributed by atoms with Gasteiger partial charge in [0.05, 0.1) is 15.9 Å². The van der Waals surface area contributed by atoms with E-state index in [-0.39, 0.29) is 11.1 Å².